The molecule has 1 aliphatic rings. The maximum atomic E-state index is 11.8. The van der Waals surface area contributed by atoms with Gasteiger partial charge < -0.3 is 20.1 Å². The van der Waals surface area contributed by atoms with Crippen LogP contribution in [0.5, 0.6) is 11.5 Å². The lowest BCUT2D eigenvalue weighted by Gasteiger charge is -2.12. The van der Waals surface area contributed by atoms with Crippen LogP contribution in [0.4, 0.5) is 5.69 Å². The summed E-state index contributed by atoms with van der Waals surface area (Å²) in [5.41, 5.74) is 0.281. The van der Waals surface area contributed by atoms with Crippen LogP contribution in [0.25, 0.3) is 0 Å². The van der Waals surface area contributed by atoms with Crippen LogP contribution in [0, 0.1) is 0 Å². The van der Waals surface area contributed by atoms with Crippen molar-refractivity contribution in [3.63, 3.8) is 0 Å². The van der Waals surface area contributed by atoms with Crippen LogP contribution in [0.2, 0.25) is 5.02 Å². The van der Waals surface area contributed by atoms with Gasteiger partial charge in [0.15, 0.2) is 11.5 Å². The Kier molecular flexibility index (Phi) is 5.68. The normalized spacial score (nSPS) is 13.0. The number of hydrogen-bond acceptors (Lipinski definition) is 4. The lowest BCUT2D eigenvalue weighted by molar-refractivity contribution is -0.136. The van der Waals surface area contributed by atoms with Crippen molar-refractivity contribution in [2.24, 2.45) is 0 Å². The Morgan fingerprint density at radius 1 is 1.23 bits per heavy atom. The zero-order valence-corrected chi connectivity index (χ0v) is 13.9. The van der Waals surface area contributed by atoms with Gasteiger partial charge in [0.1, 0.15) is 0 Å². The summed E-state index contributed by atoms with van der Waals surface area (Å²) in [5.74, 6) is -0.624. The van der Waals surface area contributed by atoms with Gasteiger partial charge in [-0.05, 0) is 0 Å². The average molecular weight is 390 g/mol. The quantitative estimate of drug-likeness (QED) is 0.779. The first kappa shape index (κ1) is 16.6. The van der Waals surface area contributed by atoms with Crippen LogP contribution >= 0.6 is 27.5 Å². The second-order valence-electron chi connectivity index (χ2n) is 4.48. The molecule has 0 saturated heterocycles. The molecule has 0 fully saturated rings. The second-order valence-corrected chi connectivity index (χ2v) is 6.01. The van der Waals surface area contributed by atoms with Crippen LogP contribution in [0.15, 0.2) is 23.2 Å². The van der Waals surface area contributed by atoms with Gasteiger partial charge in [-0.2, -0.15) is 0 Å². The molecule has 22 heavy (non-hydrogen) atoms. The minimum Gasteiger partial charge on any atom is -0.490 e. The Morgan fingerprint density at radius 2 is 1.86 bits per heavy atom. The van der Waals surface area contributed by atoms with Crippen LogP contribution in [0.3, 0.4) is 0 Å². The van der Waals surface area contributed by atoms with Gasteiger partial charge in [-0.15, -0.1) is 0 Å². The Labute approximate surface area is 140 Å². The third-order valence-corrected chi connectivity index (χ3v) is 3.33. The number of hydrogen-bond donors (Lipinski definition) is 2. The van der Waals surface area contributed by atoms with E-state index in [4.69, 9.17) is 21.1 Å². The van der Waals surface area contributed by atoms with Crippen molar-refractivity contribution in [1.82, 2.24) is 5.32 Å². The fourth-order valence-corrected chi connectivity index (χ4v) is 2.06. The second kappa shape index (κ2) is 7.51. The highest BCUT2D eigenvalue weighted by Gasteiger charge is 2.18. The molecule has 1 heterocycles. The van der Waals surface area contributed by atoms with Crippen LogP contribution in [0.1, 0.15) is 6.42 Å². The minimum atomic E-state index is -0.829. The van der Waals surface area contributed by atoms with Crippen molar-refractivity contribution in [2.75, 3.05) is 25.1 Å². The summed E-state index contributed by atoms with van der Waals surface area (Å²) < 4.78 is 11.6. The Hall–Kier alpha value is -1.73. The molecule has 2 rings (SSSR count). The zero-order valence-electron chi connectivity index (χ0n) is 11.6. The topological polar surface area (TPSA) is 76.7 Å². The number of ether oxygens (including phenoxy) is 2. The van der Waals surface area contributed by atoms with Gasteiger partial charge in [-0.3, -0.25) is 9.59 Å². The van der Waals surface area contributed by atoms with Crippen LogP contribution in [-0.2, 0) is 9.59 Å². The molecule has 1 aromatic rings. The number of anilines is 1. The van der Waals surface area contributed by atoms with Crippen LogP contribution in [-0.4, -0.2) is 31.6 Å². The predicted molar refractivity (Wildman–Crippen MR) is 86.8 cm³/mol. The van der Waals surface area contributed by atoms with E-state index in [2.05, 4.69) is 33.1 Å². The summed E-state index contributed by atoms with van der Waals surface area (Å²) in [7, 11) is 0. The Balaban J connectivity index is 2.09. The lowest BCUT2D eigenvalue weighted by Crippen LogP contribution is -2.36. The molecule has 8 heteroatoms. The molecule has 2 amide bonds. The summed E-state index contributed by atoms with van der Waals surface area (Å²) >= 11 is 9.17. The van der Waals surface area contributed by atoms with Gasteiger partial charge >= 0.3 is 11.8 Å². The van der Waals surface area contributed by atoms with Gasteiger partial charge in [0.25, 0.3) is 0 Å². The molecule has 0 bridgehead atoms. The Bertz CT molecular complexity index is 621. The van der Waals surface area contributed by atoms with E-state index < -0.39 is 11.8 Å². The van der Waals surface area contributed by atoms with E-state index in [0.29, 0.717) is 29.2 Å². The van der Waals surface area contributed by atoms with Gasteiger partial charge in [-0.25, -0.2) is 0 Å². The smallest absolute Gasteiger partial charge is 0.313 e. The maximum Gasteiger partial charge on any atom is 0.313 e. The summed E-state index contributed by atoms with van der Waals surface area (Å²) in [4.78, 5) is 23.4. The number of carbonyl (C=O) groups excluding carboxylic acids is 2. The molecule has 0 saturated carbocycles. The average Bonchev–Trinajstić information content (AvgIpc) is 2.69. The predicted octanol–water partition coefficient (Wildman–Crippen LogP) is 2.46. The molecule has 2 N–H and O–H groups in total. The van der Waals surface area contributed by atoms with E-state index in [-0.39, 0.29) is 17.3 Å². The summed E-state index contributed by atoms with van der Waals surface area (Å²) in [6.45, 7) is 4.76. The highest BCUT2D eigenvalue weighted by Crippen LogP contribution is 2.37. The number of rotatable bonds is 3. The SMILES string of the molecule is C=C(Br)CNC(=O)C(=O)Nc1cc2c(cc1Cl)OCCCO2. The first-order valence-electron chi connectivity index (χ1n) is 6.49. The van der Waals surface area contributed by atoms with Gasteiger partial charge in [0.05, 0.1) is 23.9 Å². The van der Waals surface area contributed by atoms with Crippen LogP contribution < -0.4 is 20.1 Å². The number of nitrogens with one attached hydrogen (secondary N) is 2. The fourth-order valence-electron chi connectivity index (χ4n) is 1.72. The third-order valence-electron chi connectivity index (χ3n) is 2.73. The molecule has 0 radical (unpaired) electrons. The lowest BCUT2D eigenvalue weighted by atomic mass is 10.2. The highest BCUT2D eigenvalue weighted by molar-refractivity contribution is 9.11. The maximum absolute atomic E-state index is 11.8. The van der Waals surface area contributed by atoms with Crippen molar-refractivity contribution in [3.8, 4) is 11.5 Å². The number of carbonyl (C=O) groups is 2. The van der Waals surface area contributed by atoms with E-state index in [1.807, 2.05) is 0 Å². The third kappa shape index (κ3) is 4.38. The molecule has 0 atom stereocenters. The van der Waals surface area contributed by atoms with E-state index in [1.54, 1.807) is 6.07 Å². The van der Waals surface area contributed by atoms with Crippen molar-refractivity contribution >= 4 is 45.0 Å². The largest absolute Gasteiger partial charge is 0.490 e. The molecule has 0 unspecified atom stereocenters. The molecule has 0 aliphatic carbocycles. The van der Waals surface area contributed by atoms with Gasteiger partial charge in [-0.1, -0.05) is 34.1 Å². The first-order valence-corrected chi connectivity index (χ1v) is 7.66. The molecular formula is C14H14BrClN2O4. The zero-order chi connectivity index (χ0) is 16.1. The monoisotopic (exact) mass is 388 g/mol. The molecule has 1 aromatic carbocycles. The summed E-state index contributed by atoms with van der Waals surface area (Å²) in [5, 5.41) is 5.10. The first-order chi connectivity index (χ1) is 10.5. The van der Waals surface area contributed by atoms with Crippen molar-refractivity contribution in [3.05, 3.63) is 28.2 Å². The number of benzene rings is 1. The summed E-state index contributed by atoms with van der Waals surface area (Å²) in [6.07, 6.45) is 0.757. The molecule has 0 spiro atoms. The van der Waals surface area contributed by atoms with E-state index in [1.165, 1.54) is 6.07 Å². The molecule has 118 valence electrons. The van der Waals surface area contributed by atoms with E-state index in [0.717, 1.165) is 6.42 Å². The minimum absolute atomic E-state index is 0.154. The standard InChI is InChI=1S/C14H14BrClN2O4/c1-8(15)7-17-13(19)14(20)18-10-6-12-11(5-9(10)16)21-3-2-4-22-12/h5-6H,1-4,7H2,(H,17,19)(H,18,20). The molecule has 6 nitrogen and oxygen atoms in total. The molecular weight excluding hydrogens is 376 g/mol. The summed E-state index contributed by atoms with van der Waals surface area (Å²) in [6, 6.07) is 3.09. The van der Waals surface area contributed by atoms with E-state index >= 15 is 0 Å². The number of amides is 2. The molecule has 1 aliphatic heterocycles. The number of halogens is 2. The van der Waals surface area contributed by atoms with E-state index in [9.17, 15) is 9.59 Å². The molecule has 0 aromatic heterocycles. The van der Waals surface area contributed by atoms with Gasteiger partial charge in [0.2, 0.25) is 0 Å². The highest BCUT2D eigenvalue weighted by atomic mass is 79.9. The number of fused-ring (bicyclic) bond motifs is 1. The van der Waals surface area contributed by atoms with Gasteiger partial charge in [0, 0.05) is 29.6 Å². The Morgan fingerprint density at radius 3 is 2.50 bits per heavy atom. The fraction of sp³-hybridized carbons (Fsp3) is 0.286. The van der Waals surface area contributed by atoms with Crippen molar-refractivity contribution in [2.45, 2.75) is 6.42 Å². The van der Waals surface area contributed by atoms with Crippen molar-refractivity contribution < 1.29 is 19.1 Å². The van der Waals surface area contributed by atoms with Crippen molar-refractivity contribution in [1.29, 1.82) is 0 Å².